The Bertz CT molecular complexity index is 579. The van der Waals surface area contributed by atoms with E-state index in [1.54, 1.807) is 12.1 Å². The summed E-state index contributed by atoms with van der Waals surface area (Å²) in [5, 5.41) is 10.1. The predicted octanol–water partition coefficient (Wildman–Crippen LogP) is 3.88. The van der Waals surface area contributed by atoms with Crippen molar-refractivity contribution in [3.63, 3.8) is 0 Å². The number of hydrogen-bond acceptors (Lipinski definition) is 3. The standard InChI is InChI=1S/C15H12Cl2O3/c16-12-6-11(7-13(17)8-12)15(19)20-14(9-18)10-4-2-1-3-5-10/h1-8,14,18H,9H2. The van der Waals surface area contributed by atoms with Crippen molar-refractivity contribution in [2.75, 3.05) is 6.61 Å². The van der Waals surface area contributed by atoms with Gasteiger partial charge in [0.1, 0.15) is 0 Å². The molecule has 0 bridgehead atoms. The molecule has 0 aliphatic carbocycles. The van der Waals surface area contributed by atoms with Gasteiger partial charge in [-0.05, 0) is 23.8 Å². The number of carbonyl (C=O) groups excluding carboxylic acids is 1. The molecule has 0 fully saturated rings. The van der Waals surface area contributed by atoms with Gasteiger partial charge in [-0.3, -0.25) is 0 Å². The molecule has 20 heavy (non-hydrogen) atoms. The summed E-state index contributed by atoms with van der Waals surface area (Å²) in [4.78, 5) is 12.0. The van der Waals surface area contributed by atoms with Crippen LogP contribution in [0, 0.1) is 0 Å². The molecule has 1 unspecified atom stereocenters. The fraction of sp³-hybridized carbons (Fsp3) is 0.133. The number of ether oxygens (including phenoxy) is 1. The molecular weight excluding hydrogens is 299 g/mol. The fourth-order valence-electron chi connectivity index (χ4n) is 1.75. The lowest BCUT2D eigenvalue weighted by atomic mass is 10.1. The lowest BCUT2D eigenvalue weighted by Gasteiger charge is -2.16. The van der Waals surface area contributed by atoms with E-state index in [1.807, 2.05) is 18.2 Å². The Morgan fingerprint density at radius 1 is 1.10 bits per heavy atom. The van der Waals surface area contributed by atoms with E-state index < -0.39 is 12.1 Å². The lowest BCUT2D eigenvalue weighted by molar-refractivity contribution is 0.0133. The van der Waals surface area contributed by atoms with Crippen molar-refractivity contribution in [1.82, 2.24) is 0 Å². The molecular formula is C15H12Cl2O3. The third kappa shape index (κ3) is 3.73. The number of benzene rings is 2. The maximum Gasteiger partial charge on any atom is 0.338 e. The van der Waals surface area contributed by atoms with Gasteiger partial charge in [-0.15, -0.1) is 0 Å². The average Bonchev–Trinajstić information content (AvgIpc) is 2.44. The molecule has 0 heterocycles. The smallest absolute Gasteiger partial charge is 0.338 e. The number of aliphatic hydroxyl groups excluding tert-OH is 1. The van der Waals surface area contributed by atoms with Crippen molar-refractivity contribution in [1.29, 1.82) is 0 Å². The van der Waals surface area contributed by atoms with E-state index in [0.29, 0.717) is 10.0 Å². The molecule has 0 saturated carbocycles. The van der Waals surface area contributed by atoms with Gasteiger partial charge in [0, 0.05) is 10.0 Å². The van der Waals surface area contributed by atoms with E-state index in [9.17, 15) is 9.90 Å². The summed E-state index contributed by atoms with van der Waals surface area (Å²) in [6.45, 7) is -0.302. The second kappa shape index (κ2) is 6.75. The summed E-state index contributed by atoms with van der Waals surface area (Å²) in [5.41, 5.74) is 0.966. The normalized spacial score (nSPS) is 11.9. The molecule has 0 saturated heterocycles. The van der Waals surface area contributed by atoms with Gasteiger partial charge >= 0.3 is 5.97 Å². The van der Waals surface area contributed by atoms with Gasteiger partial charge in [0.15, 0.2) is 6.10 Å². The van der Waals surface area contributed by atoms with E-state index in [4.69, 9.17) is 27.9 Å². The van der Waals surface area contributed by atoms with Crippen molar-refractivity contribution in [3.05, 3.63) is 69.7 Å². The van der Waals surface area contributed by atoms with Crippen LogP contribution in [0.2, 0.25) is 10.0 Å². The molecule has 0 amide bonds. The summed E-state index contributed by atoms with van der Waals surface area (Å²) >= 11 is 11.7. The second-order valence-corrected chi connectivity index (χ2v) is 5.02. The Hall–Kier alpha value is -1.55. The van der Waals surface area contributed by atoms with Crippen LogP contribution in [0.1, 0.15) is 22.0 Å². The van der Waals surface area contributed by atoms with Gasteiger partial charge in [-0.25, -0.2) is 4.79 Å². The van der Waals surface area contributed by atoms with Gasteiger partial charge in [0.2, 0.25) is 0 Å². The summed E-state index contributed by atoms with van der Waals surface area (Å²) < 4.78 is 5.28. The highest BCUT2D eigenvalue weighted by Gasteiger charge is 2.17. The summed E-state index contributed by atoms with van der Waals surface area (Å²) in [7, 11) is 0. The summed E-state index contributed by atoms with van der Waals surface area (Å²) in [6.07, 6.45) is -0.721. The van der Waals surface area contributed by atoms with Crippen LogP contribution >= 0.6 is 23.2 Å². The molecule has 2 rings (SSSR count). The van der Waals surface area contributed by atoms with Crippen molar-refractivity contribution in [3.8, 4) is 0 Å². The van der Waals surface area contributed by atoms with Gasteiger partial charge in [0.25, 0.3) is 0 Å². The first-order valence-corrected chi connectivity index (χ1v) is 6.68. The molecule has 0 aromatic heterocycles. The van der Waals surface area contributed by atoms with E-state index in [2.05, 4.69) is 0 Å². The van der Waals surface area contributed by atoms with Crippen LogP contribution in [0.4, 0.5) is 0 Å². The molecule has 0 radical (unpaired) electrons. The van der Waals surface area contributed by atoms with Crippen LogP contribution in [0.5, 0.6) is 0 Å². The Labute approximate surface area is 126 Å². The first kappa shape index (κ1) is 14.9. The molecule has 2 aromatic carbocycles. The molecule has 5 heteroatoms. The zero-order valence-corrected chi connectivity index (χ0v) is 11.9. The van der Waals surface area contributed by atoms with Crippen molar-refractivity contribution in [2.24, 2.45) is 0 Å². The predicted molar refractivity (Wildman–Crippen MR) is 78.1 cm³/mol. The topological polar surface area (TPSA) is 46.5 Å². The fourth-order valence-corrected chi connectivity index (χ4v) is 2.27. The molecule has 1 N–H and O–H groups in total. The number of aliphatic hydroxyl groups is 1. The highest BCUT2D eigenvalue weighted by atomic mass is 35.5. The van der Waals surface area contributed by atoms with Crippen molar-refractivity contribution < 1.29 is 14.6 Å². The van der Waals surface area contributed by atoms with Crippen LogP contribution < -0.4 is 0 Å². The van der Waals surface area contributed by atoms with Crippen LogP contribution in [0.15, 0.2) is 48.5 Å². The molecule has 0 aliphatic heterocycles. The summed E-state index contributed by atoms with van der Waals surface area (Å²) in [5.74, 6) is -0.586. The molecule has 0 aliphatic rings. The van der Waals surface area contributed by atoms with Gasteiger partial charge in [-0.2, -0.15) is 0 Å². The van der Waals surface area contributed by atoms with Crippen LogP contribution in [-0.2, 0) is 4.74 Å². The Balaban J connectivity index is 2.17. The minimum Gasteiger partial charge on any atom is -0.451 e. The molecule has 3 nitrogen and oxygen atoms in total. The van der Waals surface area contributed by atoms with Crippen molar-refractivity contribution >= 4 is 29.2 Å². The summed E-state index contributed by atoms with van der Waals surface area (Å²) in [6, 6.07) is 13.5. The minimum absolute atomic E-state index is 0.247. The first-order chi connectivity index (χ1) is 9.60. The quantitative estimate of drug-likeness (QED) is 0.872. The maximum atomic E-state index is 12.0. The Morgan fingerprint density at radius 2 is 1.70 bits per heavy atom. The van der Waals surface area contributed by atoms with E-state index in [0.717, 1.165) is 5.56 Å². The molecule has 0 spiro atoms. The molecule has 1 atom stereocenters. The van der Waals surface area contributed by atoms with E-state index in [1.165, 1.54) is 18.2 Å². The van der Waals surface area contributed by atoms with Crippen LogP contribution in [-0.4, -0.2) is 17.7 Å². The van der Waals surface area contributed by atoms with Gasteiger partial charge in [-0.1, -0.05) is 53.5 Å². The highest BCUT2D eigenvalue weighted by molar-refractivity contribution is 6.35. The Kier molecular flexibility index (Phi) is 5.01. The van der Waals surface area contributed by atoms with Crippen LogP contribution in [0.25, 0.3) is 0 Å². The largest absolute Gasteiger partial charge is 0.451 e. The van der Waals surface area contributed by atoms with Crippen LogP contribution in [0.3, 0.4) is 0 Å². The zero-order chi connectivity index (χ0) is 14.5. The first-order valence-electron chi connectivity index (χ1n) is 5.93. The SMILES string of the molecule is O=C(OC(CO)c1ccccc1)c1cc(Cl)cc(Cl)c1. The van der Waals surface area contributed by atoms with E-state index in [-0.39, 0.29) is 12.2 Å². The number of carbonyl (C=O) groups is 1. The molecule has 2 aromatic rings. The minimum atomic E-state index is -0.721. The third-order valence-corrected chi connectivity index (χ3v) is 3.12. The second-order valence-electron chi connectivity index (χ2n) is 4.15. The molecule has 104 valence electrons. The third-order valence-electron chi connectivity index (χ3n) is 2.68. The number of halogens is 2. The number of rotatable bonds is 4. The lowest BCUT2D eigenvalue weighted by Crippen LogP contribution is -2.14. The van der Waals surface area contributed by atoms with E-state index >= 15 is 0 Å². The monoisotopic (exact) mass is 310 g/mol. The van der Waals surface area contributed by atoms with Gasteiger partial charge < -0.3 is 9.84 Å². The zero-order valence-electron chi connectivity index (χ0n) is 10.4. The number of hydrogen-bond donors (Lipinski definition) is 1. The average molecular weight is 311 g/mol. The number of esters is 1. The highest BCUT2D eigenvalue weighted by Crippen LogP contribution is 2.22. The maximum absolute atomic E-state index is 12.0. The van der Waals surface area contributed by atoms with Crippen molar-refractivity contribution in [2.45, 2.75) is 6.10 Å². The van der Waals surface area contributed by atoms with Gasteiger partial charge in [0.05, 0.1) is 12.2 Å². The Morgan fingerprint density at radius 3 is 2.25 bits per heavy atom.